The van der Waals surface area contributed by atoms with Crippen LogP contribution in [0, 0.1) is 17.3 Å². The molecule has 5 heteroatoms. The Kier molecular flexibility index (Phi) is 2.46. The van der Waals surface area contributed by atoms with Crippen molar-refractivity contribution in [3.63, 3.8) is 0 Å². The number of phenolic OH excluding ortho intramolecular Hbond substituents is 1. The number of Topliss-reactive ketones (excluding diaryl/α,β-unsaturated/α-hetero) is 2. The summed E-state index contributed by atoms with van der Waals surface area (Å²) in [5.74, 6) is -0.835. The predicted octanol–water partition coefficient (Wildman–Crippen LogP) is 2.47. The van der Waals surface area contributed by atoms with E-state index in [1.54, 1.807) is 6.92 Å². The zero-order valence-corrected chi connectivity index (χ0v) is 14.0. The van der Waals surface area contributed by atoms with Crippen LogP contribution >= 0.6 is 0 Å². The second-order valence-corrected chi connectivity index (χ2v) is 8.14. The molecule has 128 valence electrons. The standard InChI is InChI=1S/C20H18O5/c1-18(9-21)13-5-6-19(2)14(13)8-15-16(23)11-4-3-10(22)7-12(11)17(24)20(15,18)25-19/h3-4,7-9,13-14,22H,5-6H2,1-2H3/t13-,14+,18-,19+,20?/m0/s1. The quantitative estimate of drug-likeness (QED) is 0.796. The predicted molar refractivity (Wildman–Crippen MR) is 87.5 cm³/mol. The van der Waals surface area contributed by atoms with Crippen molar-refractivity contribution in [3.8, 4) is 5.75 Å². The summed E-state index contributed by atoms with van der Waals surface area (Å²) in [6.07, 6.45) is 4.24. The Morgan fingerprint density at radius 2 is 2.00 bits per heavy atom. The molecule has 1 saturated carbocycles. The van der Waals surface area contributed by atoms with Crippen LogP contribution in [0.1, 0.15) is 47.4 Å². The molecule has 1 spiro atoms. The molecule has 0 amide bonds. The van der Waals surface area contributed by atoms with E-state index in [0.29, 0.717) is 5.57 Å². The molecule has 6 rings (SSSR count). The van der Waals surface area contributed by atoms with Gasteiger partial charge in [0.1, 0.15) is 12.0 Å². The van der Waals surface area contributed by atoms with Crippen molar-refractivity contribution in [2.24, 2.45) is 17.3 Å². The number of aromatic hydroxyl groups is 1. The van der Waals surface area contributed by atoms with Gasteiger partial charge in [-0.3, -0.25) is 9.59 Å². The highest BCUT2D eigenvalue weighted by molar-refractivity contribution is 6.28. The molecule has 2 heterocycles. The van der Waals surface area contributed by atoms with Gasteiger partial charge in [0.25, 0.3) is 0 Å². The van der Waals surface area contributed by atoms with Crippen molar-refractivity contribution in [1.29, 1.82) is 0 Å². The Balaban J connectivity index is 1.88. The van der Waals surface area contributed by atoms with Crippen molar-refractivity contribution in [2.45, 2.75) is 37.9 Å². The van der Waals surface area contributed by atoms with Crippen LogP contribution < -0.4 is 0 Å². The van der Waals surface area contributed by atoms with Gasteiger partial charge >= 0.3 is 0 Å². The molecule has 5 nitrogen and oxygen atoms in total. The Hall–Kier alpha value is -2.27. The van der Waals surface area contributed by atoms with Gasteiger partial charge in [-0.15, -0.1) is 0 Å². The van der Waals surface area contributed by atoms with E-state index in [9.17, 15) is 19.5 Å². The third kappa shape index (κ3) is 1.36. The topological polar surface area (TPSA) is 80.7 Å². The van der Waals surface area contributed by atoms with E-state index in [1.165, 1.54) is 18.2 Å². The molecule has 1 aromatic carbocycles. The summed E-state index contributed by atoms with van der Waals surface area (Å²) < 4.78 is 6.39. The number of aldehydes is 1. The third-order valence-corrected chi connectivity index (χ3v) is 7.03. The molecule has 1 unspecified atom stereocenters. The maximum Gasteiger partial charge on any atom is 0.201 e. The zero-order valence-electron chi connectivity index (χ0n) is 14.0. The minimum Gasteiger partial charge on any atom is -0.508 e. The fourth-order valence-corrected chi connectivity index (χ4v) is 5.73. The molecule has 2 aliphatic heterocycles. The second kappa shape index (κ2) is 4.10. The molecule has 0 aromatic heterocycles. The lowest BCUT2D eigenvalue weighted by Gasteiger charge is -2.61. The summed E-state index contributed by atoms with van der Waals surface area (Å²) in [5.41, 5.74) is -2.52. The molecule has 5 aliphatic rings. The van der Waals surface area contributed by atoms with Crippen LogP contribution in [0.3, 0.4) is 0 Å². The van der Waals surface area contributed by atoms with Gasteiger partial charge in [0.05, 0.1) is 11.0 Å². The van der Waals surface area contributed by atoms with Crippen LogP contribution in [0.5, 0.6) is 5.75 Å². The number of hydrogen-bond donors (Lipinski definition) is 1. The van der Waals surface area contributed by atoms with Crippen LogP contribution in [0.15, 0.2) is 29.8 Å². The summed E-state index contributed by atoms with van der Waals surface area (Å²) in [4.78, 5) is 38.9. The maximum atomic E-state index is 13.6. The normalized spacial score (nSPS) is 43.5. The second-order valence-electron chi connectivity index (χ2n) is 8.14. The van der Waals surface area contributed by atoms with Crippen molar-refractivity contribution in [1.82, 2.24) is 0 Å². The van der Waals surface area contributed by atoms with E-state index < -0.39 is 22.4 Å². The number of carbonyl (C=O) groups excluding carboxylic acids is 3. The number of ether oxygens (including phenoxy) is 1. The molecule has 0 radical (unpaired) electrons. The minimum absolute atomic E-state index is 0.0249. The number of carbonyl (C=O) groups is 3. The lowest BCUT2D eigenvalue weighted by atomic mass is 9.49. The number of benzene rings is 1. The molecule has 3 aliphatic carbocycles. The molecule has 5 atom stereocenters. The van der Waals surface area contributed by atoms with Crippen LogP contribution in [-0.2, 0) is 9.53 Å². The highest BCUT2D eigenvalue weighted by Crippen LogP contribution is 2.68. The van der Waals surface area contributed by atoms with E-state index in [0.717, 1.165) is 19.1 Å². The fraction of sp³-hybridized carbons (Fsp3) is 0.450. The molecule has 4 bridgehead atoms. The molecule has 25 heavy (non-hydrogen) atoms. The first-order valence-corrected chi connectivity index (χ1v) is 8.60. The van der Waals surface area contributed by atoms with E-state index in [1.807, 2.05) is 13.0 Å². The number of hydrogen-bond acceptors (Lipinski definition) is 5. The van der Waals surface area contributed by atoms with Crippen LogP contribution in [0.25, 0.3) is 0 Å². The smallest absolute Gasteiger partial charge is 0.201 e. The summed E-state index contributed by atoms with van der Waals surface area (Å²) in [6.45, 7) is 3.71. The first-order valence-electron chi connectivity index (χ1n) is 8.60. The lowest BCUT2D eigenvalue weighted by molar-refractivity contribution is -0.219. The maximum absolute atomic E-state index is 13.6. The van der Waals surface area contributed by atoms with Gasteiger partial charge in [0.2, 0.25) is 5.78 Å². The van der Waals surface area contributed by atoms with Crippen molar-refractivity contribution in [2.75, 3.05) is 0 Å². The SMILES string of the molecule is C[C@@]12CC[C@H]3[C@H]1C=C1C(=O)c4ccc(O)cc4C(=O)C1(O2)[C@@]3(C)C=O. The van der Waals surface area contributed by atoms with Crippen LogP contribution in [-0.4, -0.2) is 34.2 Å². The zero-order chi connectivity index (χ0) is 17.8. The van der Waals surface area contributed by atoms with E-state index in [-0.39, 0.29) is 34.5 Å². The fourth-order valence-electron chi connectivity index (χ4n) is 5.73. The lowest BCUT2D eigenvalue weighted by Crippen LogP contribution is -2.72. The summed E-state index contributed by atoms with van der Waals surface area (Å²) in [5, 5.41) is 9.82. The van der Waals surface area contributed by atoms with Gasteiger partial charge in [-0.1, -0.05) is 6.08 Å². The van der Waals surface area contributed by atoms with Gasteiger partial charge in [-0.2, -0.15) is 0 Å². The molecule has 1 N–H and O–H groups in total. The average molecular weight is 338 g/mol. The Labute approximate surface area is 144 Å². The first kappa shape index (κ1) is 15.0. The molecular weight excluding hydrogens is 320 g/mol. The number of rotatable bonds is 1. The number of phenols is 1. The van der Waals surface area contributed by atoms with E-state index in [4.69, 9.17) is 4.74 Å². The number of ketones is 2. The average Bonchev–Trinajstić information content (AvgIpc) is 2.89. The van der Waals surface area contributed by atoms with Gasteiger partial charge < -0.3 is 14.6 Å². The Bertz CT molecular complexity index is 915. The molecule has 2 fully saturated rings. The minimum atomic E-state index is -1.59. The van der Waals surface area contributed by atoms with E-state index >= 15 is 0 Å². The summed E-state index contributed by atoms with van der Waals surface area (Å²) >= 11 is 0. The molecule has 1 saturated heterocycles. The third-order valence-electron chi connectivity index (χ3n) is 7.03. The molecule has 1 aromatic rings. The van der Waals surface area contributed by atoms with Crippen molar-refractivity contribution < 1.29 is 24.2 Å². The van der Waals surface area contributed by atoms with Gasteiger partial charge in [0, 0.05) is 22.6 Å². The largest absolute Gasteiger partial charge is 0.508 e. The highest BCUT2D eigenvalue weighted by atomic mass is 16.5. The Morgan fingerprint density at radius 3 is 2.72 bits per heavy atom. The van der Waals surface area contributed by atoms with Crippen molar-refractivity contribution in [3.05, 3.63) is 41.0 Å². The van der Waals surface area contributed by atoms with Crippen LogP contribution in [0.2, 0.25) is 0 Å². The van der Waals surface area contributed by atoms with Gasteiger partial charge in [-0.05, 0) is 50.8 Å². The van der Waals surface area contributed by atoms with Crippen LogP contribution in [0.4, 0.5) is 0 Å². The van der Waals surface area contributed by atoms with E-state index in [2.05, 4.69) is 0 Å². The Morgan fingerprint density at radius 1 is 1.24 bits per heavy atom. The highest BCUT2D eigenvalue weighted by Gasteiger charge is 2.76. The van der Waals surface area contributed by atoms with Gasteiger partial charge in [0.15, 0.2) is 11.4 Å². The summed E-state index contributed by atoms with van der Waals surface area (Å²) in [6, 6.07) is 4.17. The monoisotopic (exact) mass is 338 g/mol. The first-order chi connectivity index (χ1) is 11.8. The molecular formula is C20H18O5. The summed E-state index contributed by atoms with van der Waals surface area (Å²) in [7, 11) is 0. The number of fused-ring (bicyclic) bond motifs is 1. The van der Waals surface area contributed by atoms with Gasteiger partial charge in [-0.25, -0.2) is 0 Å². The van der Waals surface area contributed by atoms with Crippen molar-refractivity contribution >= 4 is 17.9 Å².